The molecule has 0 spiro atoms. The first-order valence-electron chi connectivity index (χ1n) is 14.8. The predicted molar refractivity (Wildman–Crippen MR) is 165 cm³/mol. The minimum absolute atomic E-state index is 0.0374. The fraction of sp³-hybridized carbons (Fsp3) is 0.406. The molecule has 3 aromatic rings. The average Bonchev–Trinajstić information content (AvgIpc) is 3.01. The van der Waals surface area contributed by atoms with Gasteiger partial charge in [-0.05, 0) is 49.7 Å². The van der Waals surface area contributed by atoms with Crippen molar-refractivity contribution in [3.8, 4) is 0 Å². The van der Waals surface area contributed by atoms with Gasteiger partial charge in [-0.1, -0.05) is 60.7 Å². The molecule has 1 aromatic heterocycles. The molecular weight excluding hydrogens is 564 g/mol. The first-order valence-corrected chi connectivity index (χ1v) is 14.8. The summed E-state index contributed by atoms with van der Waals surface area (Å²) < 4.78 is 6.51. The minimum atomic E-state index is -1.12. The second kappa shape index (κ2) is 16.1. The Morgan fingerprint density at radius 3 is 2.32 bits per heavy atom. The summed E-state index contributed by atoms with van der Waals surface area (Å²) in [5.41, 5.74) is 2.01. The van der Waals surface area contributed by atoms with Crippen LogP contribution in [0.4, 0.5) is 15.4 Å². The molecule has 1 saturated carbocycles. The Morgan fingerprint density at radius 2 is 1.66 bits per heavy atom. The zero-order valence-electron chi connectivity index (χ0n) is 24.8. The number of hydrogen-bond donors (Lipinski definition) is 5. The predicted octanol–water partition coefficient (Wildman–Crippen LogP) is 3.79. The highest BCUT2D eigenvalue weighted by Crippen LogP contribution is 2.25. The highest BCUT2D eigenvalue weighted by Gasteiger charge is 2.23. The third-order valence-corrected chi connectivity index (χ3v) is 7.59. The van der Waals surface area contributed by atoms with Crippen molar-refractivity contribution in [1.82, 2.24) is 25.5 Å². The van der Waals surface area contributed by atoms with Gasteiger partial charge in [-0.3, -0.25) is 9.36 Å². The van der Waals surface area contributed by atoms with E-state index in [0.29, 0.717) is 24.8 Å². The number of carbonyl (C=O) groups is 3. The zero-order chi connectivity index (χ0) is 31.3. The summed E-state index contributed by atoms with van der Waals surface area (Å²) in [5, 5.41) is 21.1. The molecule has 5 N–H and O–H groups in total. The van der Waals surface area contributed by atoms with E-state index in [4.69, 9.17) is 4.74 Å². The summed E-state index contributed by atoms with van der Waals surface area (Å²) in [4.78, 5) is 53.1. The second-order valence-corrected chi connectivity index (χ2v) is 11.1. The fourth-order valence-corrected chi connectivity index (χ4v) is 5.22. The van der Waals surface area contributed by atoms with Crippen molar-refractivity contribution < 1.29 is 24.2 Å². The maximum absolute atomic E-state index is 12.8. The zero-order valence-corrected chi connectivity index (χ0v) is 24.8. The number of urea groups is 1. The highest BCUT2D eigenvalue weighted by molar-refractivity contribution is 5.74. The fourth-order valence-electron chi connectivity index (χ4n) is 5.22. The smallest absolute Gasteiger partial charge is 0.407 e. The van der Waals surface area contributed by atoms with Crippen LogP contribution in [0.2, 0.25) is 0 Å². The van der Waals surface area contributed by atoms with E-state index in [-0.39, 0.29) is 25.2 Å². The molecule has 2 aromatic carbocycles. The van der Waals surface area contributed by atoms with Crippen LogP contribution in [0.25, 0.3) is 0 Å². The van der Waals surface area contributed by atoms with Crippen LogP contribution in [-0.2, 0) is 29.2 Å². The minimum Gasteiger partial charge on any atom is -0.481 e. The Hall–Kier alpha value is -4.87. The normalized spacial score (nSPS) is 16.8. The Labute approximate surface area is 256 Å². The largest absolute Gasteiger partial charge is 0.481 e. The van der Waals surface area contributed by atoms with Crippen molar-refractivity contribution in [3.05, 3.63) is 94.0 Å². The molecule has 0 bridgehead atoms. The molecule has 12 nitrogen and oxygen atoms in total. The maximum Gasteiger partial charge on any atom is 0.407 e. The van der Waals surface area contributed by atoms with E-state index in [1.807, 2.05) is 67.6 Å². The summed E-state index contributed by atoms with van der Waals surface area (Å²) in [5.74, 6) is -0.279. The number of carbonyl (C=O) groups excluding carboxylic acids is 2. The van der Waals surface area contributed by atoms with Crippen LogP contribution in [0.15, 0.2) is 71.7 Å². The molecule has 1 heterocycles. The highest BCUT2D eigenvalue weighted by atomic mass is 16.5. The second-order valence-electron chi connectivity index (χ2n) is 11.1. The number of ether oxygens (including phenoxy) is 1. The molecule has 4 rings (SSSR count). The summed E-state index contributed by atoms with van der Waals surface area (Å²) in [6.07, 6.45) is 4.03. The van der Waals surface area contributed by atoms with Gasteiger partial charge in [0.1, 0.15) is 12.4 Å². The third kappa shape index (κ3) is 10.4. The van der Waals surface area contributed by atoms with E-state index in [2.05, 4.69) is 26.3 Å². The SMILES string of the molecule is Cc1cn(C[C@@H](CC(=O)O)NC(=O)OCc2ccccc2)c(=O)nc1NCC1CCC(NC(=O)NCc2ccccc2)CC1. The lowest BCUT2D eigenvalue weighted by molar-refractivity contribution is -0.137. The Bertz CT molecular complexity index is 1440. The number of amides is 3. The van der Waals surface area contributed by atoms with Gasteiger partial charge in [0.2, 0.25) is 0 Å². The molecule has 0 radical (unpaired) electrons. The number of aromatic nitrogens is 2. The van der Waals surface area contributed by atoms with E-state index in [1.165, 1.54) is 4.57 Å². The van der Waals surface area contributed by atoms with Crippen LogP contribution >= 0.6 is 0 Å². The average molecular weight is 605 g/mol. The summed E-state index contributed by atoms with van der Waals surface area (Å²) >= 11 is 0. The molecule has 12 heteroatoms. The van der Waals surface area contributed by atoms with Gasteiger partial charge in [-0.15, -0.1) is 0 Å². The summed E-state index contributed by atoms with van der Waals surface area (Å²) in [6, 6.07) is 17.9. The van der Waals surface area contributed by atoms with Crippen LogP contribution in [-0.4, -0.2) is 51.4 Å². The summed E-state index contributed by atoms with van der Waals surface area (Å²) in [7, 11) is 0. The molecule has 1 aliphatic carbocycles. The van der Waals surface area contributed by atoms with Crippen molar-refractivity contribution >= 4 is 23.9 Å². The first-order chi connectivity index (χ1) is 21.2. The quantitative estimate of drug-likeness (QED) is 0.197. The van der Waals surface area contributed by atoms with Crippen molar-refractivity contribution in [2.45, 2.75) is 70.8 Å². The van der Waals surface area contributed by atoms with Gasteiger partial charge in [0.25, 0.3) is 0 Å². The number of rotatable bonds is 13. The van der Waals surface area contributed by atoms with Gasteiger partial charge >= 0.3 is 23.8 Å². The molecule has 234 valence electrons. The molecule has 1 atom stereocenters. The van der Waals surface area contributed by atoms with Crippen LogP contribution in [0.1, 0.15) is 48.8 Å². The Morgan fingerprint density at radius 1 is 1.00 bits per heavy atom. The Kier molecular flexibility index (Phi) is 11.7. The number of hydrogen-bond acceptors (Lipinski definition) is 7. The number of benzene rings is 2. The lowest BCUT2D eigenvalue weighted by atomic mass is 9.86. The van der Waals surface area contributed by atoms with Crippen molar-refractivity contribution in [1.29, 1.82) is 0 Å². The van der Waals surface area contributed by atoms with Crippen LogP contribution in [0.5, 0.6) is 0 Å². The molecule has 0 saturated heterocycles. The lowest BCUT2D eigenvalue weighted by Crippen LogP contribution is -2.43. The standard InChI is InChI=1S/C32H40N6O6/c1-22-19-38(20-27(16-28(39)40)36-32(43)44-21-25-10-6-3-7-11-25)31(42)37-29(22)33-17-24-12-14-26(15-13-24)35-30(41)34-18-23-8-4-2-5-9-23/h2-11,19,24,26-27H,12-18,20-21H2,1H3,(H,36,43)(H,39,40)(H,33,37,42)(H2,34,35,41)/t24?,26?,27-/m1/s1. The molecular formula is C32H40N6O6. The molecule has 44 heavy (non-hydrogen) atoms. The van der Waals surface area contributed by atoms with E-state index in [9.17, 15) is 24.3 Å². The van der Waals surface area contributed by atoms with Crippen molar-refractivity contribution in [2.24, 2.45) is 5.92 Å². The van der Waals surface area contributed by atoms with E-state index >= 15 is 0 Å². The van der Waals surface area contributed by atoms with E-state index < -0.39 is 30.2 Å². The number of aliphatic carboxylic acids is 1. The number of carboxylic acids is 1. The third-order valence-electron chi connectivity index (χ3n) is 7.59. The van der Waals surface area contributed by atoms with Crippen LogP contribution < -0.4 is 27.0 Å². The number of anilines is 1. The molecule has 0 aliphatic heterocycles. The van der Waals surface area contributed by atoms with Crippen LogP contribution in [0.3, 0.4) is 0 Å². The number of carboxylic acid groups (broad SMARTS) is 1. The first kappa shape index (κ1) is 32.1. The van der Waals surface area contributed by atoms with Crippen LogP contribution in [0, 0.1) is 12.8 Å². The Balaban J connectivity index is 1.22. The van der Waals surface area contributed by atoms with Gasteiger partial charge in [0.15, 0.2) is 0 Å². The van der Waals surface area contributed by atoms with E-state index in [1.54, 1.807) is 6.20 Å². The van der Waals surface area contributed by atoms with Crippen molar-refractivity contribution in [3.63, 3.8) is 0 Å². The monoisotopic (exact) mass is 604 g/mol. The van der Waals surface area contributed by atoms with Gasteiger partial charge in [-0.2, -0.15) is 4.98 Å². The van der Waals surface area contributed by atoms with Gasteiger partial charge in [-0.25, -0.2) is 14.4 Å². The maximum atomic E-state index is 12.8. The number of nitrogens with one attached hydrogen (secondary N) is 4. The van der Waals surface area contributed by atoms with E-state index in [0.717, 1.165) is 42.4 Å². The number of nitrogens with zero attached hydrogens (tertiary/aromatic N) is 2. The lowest BCUT2D eigenvalue weighted by Gasteiger charge is -2.29. The number of aryl methyl sites for hydroxylation is 1. The van der Waals surface area contributed by atoms with Gasteiger partial charge in [0.05, 0.1) is 12.5 Å². The molecule has 0 unspecified atom stereocenters. The molecule has 1 fully saturated rings. The topological polar surface area (TPSA) is 164 Å². The molecule has 1 aliphatic rings. The summed E-state index contributed by atoms with van der Waals surface area (Å²) in [6.45, 7) is 2.90. The number of alkyl carbamates (subject to hydrolysis) is 1. The molecule has 3 amide bonds. The van der Waals surface area contributed by atoms with Crippen molar-refractivity contribution in [2.75, 3.05) is 11.9 Å². The van der Waals surface area contributed by atoms with Gasteiger partial charge in [0, 0.05) is 37.4 Å². The van der Waals surface area contributed by atoms with Gasteiger partial charge < -0.3 is 31.1 Å².